The molecule has 0 bridgehead atoms. The first-order chi connectivity index (χ1) is 12.6. The molecule has 0 unspecified atom stereocenters. The van der Waals surface area contributed by atoms with Crippen LogP contribution in [0.3, 0.4) is 0 Å². The Morgan fingerprint density at radius 3 is 3.15 bits per heavy atom. The number of anilines is 1. The van der Waals surface area contributed by atoms with Crippen LogP contribution in [0.5, 0.6) is 5.75 Å². The summed E-state index contributed by atoms with van der Waals surface area (Å²) in [6.07, 6.45) is 6.12. The monoisotopic (exact) mass is 359 g/mol. The summed E-state index contributed by atoms with van der Waals surface area (Å²) < 4.78 is 12.6. The van der Waals surface area contributed by atoms with E-state index in [0.29, 0.717) is 32.0 Å². The van der Waals surface area contributed by atoms with Crippen molar-refractivity contribution in [2.75, 3.05) is 38.2 Å². The van der Waals surface area contributed by atoms with Crippen LogP contribution in [0.4, 0.5) is 5.82 Å². The highest BCUT2D eigenvalue weighted by Gasteiger charge is 2.24. The highest BCUT2D eigenvalue weighted by atomic mass is 16.5. The van der Waals surface area contributed by atoms with E-state index in [2.05, 4.69) is 15.3 Å². The van der Waals surface area contributed by atoms with Crippen LogP contribution in [-0.4, -0.2) is 64.3 Å². The molecule has 1 fully saturated rings. The minimum Gasteiger partial charge on any atom is -0.482 e. The predicted molar refractivity (Wildman–Crippen MR) is 94.0 cm³/mol. The number of pyridine rings is 1. The van der Waals surface area contributed by atoms with Gasteiger partial charge in [0.15, 0.2) is 12.4 Å². The molecule has 1 N–H and O–H groups in total. The summed E-state index contributed by atoms with van der Waals surface area (Å²) in [5.74, 6) is 0.705. The van der Waals surface area contributed by atoms with Gasteiger partial charge in [-0.25, -0.2) is 4.98 Å². The molecule has 1 atom stereocenters. The van der Waals surface area contributed by atoms with Gasteiger partial charge >= 0.3 is 0 Å². The van der Waals surface area contributed by atoms with Crippen LogP contribution in [0.2, 0.25) is 0 Å². The maximum Gasteiger partial charge on any atom is 0.293 e. The van der Waals surface area contributed by atoms with Crippen LogP contribution in [0.1, 0.15) is 0 Å². The summed E-state index contributed by atoms with van der Waals surface area (Å²) in [6, 6.07) is 3.50. The Labute approximate surface area is 150 Å². The lowest BCUT2D eigenvalue weighted by molar-refractivity contribution is -0.140. The number of nitrogens with zero attached hydrogens (tertiary/aromatic N) is 4. The predicted octanol–water partition coefficient (Wildman–Crippen LogP) is -0.106. The molecule has 0 aromatic carbocycles. The van der Waals surface area contributed by atoms with Crippen LogP contribution >= 0.6 is 0 Å². The van der Waals surface area contributed by atoms with Gasteiger partial charge in [0.25, 0.3) is 11.5 Å². The zero-order valence-corrected chi connectivity index (χ0v) is 14.5. The largest absolute Gasteiger partial charge is 0.482 e. The molecule has 0 aliphatic carbocycles. The first-order valence-electron chi connectivity index (χ1n) is 8.31. The lowest BCUT2D eigenvalue weighted by atomic mass is 10.2. The number of amides is 1. The van der Waals surface area contributed by atoms with E-state index < -0.39 is 0 Å². The number of hydrogen-bond acceptors (Lipinski definition) is 7. The third-order valence-electron chi connectivity index (χ3n) is 4.00. The summed E-state index contributed by atoms with van der Waals surface area (Å²) in [4.78, 5) is 33.9. The lowest BCUT2D eigenvalue weighted by Gasteiger charge is -2.33. The van der Waals surface area contributed by atoms with Gasteiger partial charge in [-0.05, 0) is 12.1 Å². The Kier molecular flexibility index (Phi) is 5.80. The van der Waals surface area contributed by atoms with Crippen LogP contribution < -0.4 is 15.6 Å². The highest BCUT2D eigenvalue weighted by Crippen LogP contribution is 2.09. The minimum absolute atomic E-state index is 0.0490. The molecule has 138 valence electrons. The second kappa shape index (κ2) is 8.43. The minimum atomic E-state index is -0.224. The van der Waals surface area contributed by atoms with Crippen LogP contribution in [0.15, 0.2) is 41.7 Å². The number of carbonyl (C=O) groups excluding carboxylic acids is 1. The molecule has 0 saturated carbocycles. The van der Waals surface area contributed by atoms with Crippen LogP contribution in [0, 0.1) is 0 Å². The molecule has 3 heterocycles. The van der Waals surface area contributed by atoms with Gasteiger partial charge < -0.3 is 24.3 Å². The fourth-order valence-corrected chi connectivity index (χ4v) is 2.57. The maximum atomic E-state index is 12.3. The van der Waals surface area contributed by atoms with E-state index in [1.54, 1.807) is 48.9 Å². The molecule has 2 aromatic rings. The normalized spacial score (nSPS) is 17.0. The first-order valence-corrected chi connectivity index (χ1v) is 8.31. The molecular weight excluding hydrogens is 338 g/mol. The molecule has 9 nitrogen and oxygen atoms in total. The van der Waals surface area contributed by atoms with Gasteiger partial charge in [-0.1, -0.05) is 0 Å². The fourth-order valence-electron chi connectivity index (χ4n) is 2.57. The molecule has 1 aliphatic rings. The van der Waals surface area contributed by atoms with Crippen molar-refractivity contribution in [1.82, 2.24) is 19.4 Å². The highest BCUT2D eigenvalue weighted by molar-refractivity contribution is 5.77. The average molecular weight is 359 g/mol. The Hall–Kier alpha value is -2.94. The van der Waals surface area contributed by atoms with Crippen molar-refractivity contribution in [3.63, 3.8) is 0 Å². The zero-order chi connectivity index (χ0) is 18.4. The van der Waals surface area contributed by atoms with Crippen molar-refractivity contribution < 1.29 is 14.3 Å². The molecule has 1 saturated heterocycles. The van der Waals surface area contributed by atoms with Gasteiger partial charge in [0.05, 0.1) is 18.9 Å². The van der Waals surface area contributed by atoms with Gasteiger partial charge in [-0.2, -0.15) is 0 Å². The Morgan fingerprint density at radius 1 is 1.46 bits per heavy atom. The van der Waals surface area contributed by atoms with Crippen molar-refractivity contribution in [3.05, 3.63) is 47.3 Å². The van der Waals surface area contributed by atoms with E-state index in [1.807, 2.05) is 0 Å². The standard InChI is InChI=1S/C17H21N5O4/c1-21-6-5-19-16(17(21)24)20-10-14-11-22(7-8-25-14)15(23)12-26-13-3-2-4-18-9-13/h2-6,9,14H,7-8,10-12H2,1H3,(H,19,20)/t14-/m1/s1. The van der Waals surface area contributed by atoms with E-state index in [4.69, 9.17) is 9.47 Å². The van der Waals surface area contributed by atoms with E-state index >= 15 is 0 Å². The number of aryl methyl sites for hydroxylation is 1. The first kappa shape index (κ1) is 17.9. The molecular formula is C17H21N5O4. The summed E-state index contributed by atoms with van der Waals surface area (Å²) in [5.41, 5.74) is -0.207. The molecule has 26 heavy (non-hydrogen) atoms. The van der Waals surface area contributed by atoms with Crippen molar-refractivity contribution in [2.45, 2.75) is 6.10 Å². The SMILES string of the molecule is Cn1ccnc(NC[C@@H]2CN(C(=O)COc3cccnc3)CCO2)c1=O. The third kappa shape index (κ3) is 4.57. The summed E-state index contributed by atoms with van der Waals surface area (Å²) >= 11 is 0. The number of nitrogens with one attached hydrogen (secondary N) is 1. The second-order valence-electron chi connectivity index (χ2n) is 5.88. The topological polar surface area (TPSA) is 98.6 Å². The molecule has 3 rings (SSSR count). The molecule has 0 spiro atoms. The third-order valence-corrected chi connectivity index (χ3v) is 4.00. The number of ether oxygens (including phenoxy) is 2. The fraction of sp³-hybridized carbons (Fsp3) is 0.412. The number of hydrogen-bond donors (Lipinski definition) is 1. The summed E-state index contributed by atoms with van der Waals surface area (Å²) in [5, 5.41) is 2.99. The van der Waals surface area contributed by atoms with Gasteiger partial charge in [0, 0.05) is 45.3 Å². The van der Waals surface area contributed by atoms with E-state index in [0.717, 1.165) is 0 Å². The number of carbonyl (C=O) groups is 1. The van der Waals surface area contributed by atoms with Crippen molar-refractivity contribution >= 4 is 11.7 Å². The molecule has 9 heteroatoms. The molecule has 1 aliphatic heterocycles. The summed E-state index contributed by atoms with van der Waals surface area (Å²) in [6.45, 7) is 1.71. The maximum absolute atomic E-state index is 12.3. The van der Waals surface area contributed by atoms with Gasteiger partial charge in [-0.3, -0.25) is 14.6 Å². The van der Waals surface area contributed by atoms with Crippen molar-refractivity contribution in [1.29, 1.82) is 0 Å². The number of aromatic nitrogens is 3. The smallest absolute Gasteiger partial charge is 0.293 e. The molecule has 2 aromatic heterocycles. The summed E-state index contributed by atoms with van der Waals surface area (Å²) in [7, 11) is 1.66. The molecule has 0 radical (unpaired) electrons. The number of rotatable bonds is 6. The van der Waals surface area contributed by atoms with Gasteiger partial charge in [0.1, 0.15) is 5.75 Å². The van der Waals surface area contributed by atoms with Crippen molar-refractivity contribution in [2.24, 2.45) is 7.05 Å². The second-order valence-corrected chi connectivity index (χ2v) is 5.88. The Morgan fingerprint density at radius 2 is 2.35 bits per heavy atom. The number of morpholine rings is 1. The van der Waals surface area contributed by atoms with Gasteiger partial charge in [-0.15, -0.1) is 0 Å². The van der Waals surface area contributed by atoms with E-state index in [-0.39, 0.29) is 30.0 Å². The van der Waals surface area contributed by atoms with E-state index in [9.17, 15) is 9.59 Å². The van der Waals surface area contributed by atoms with Crippen LogP contribution in [0.25, 0.3) is 0 Å². The molecule has 1 amide bonds. The Bertz CT molecular complexity index is 795. The Balaban J connectivity index is 1.49. The lowest BCUT2D eigenvalue weighted by Crippen LogP contribution is -2.49. The quantitative estimate of drug-likeness (QED) is 0.768. The van der Waals surface area contributed by atoms with Crippen LogP contribution in [-0.2, 0) is 16.6 Å². The van der Waals surface area contributed by atoms with Gasteiger partial charge in [0.2, 0.25) is 0 Å². The zero-order valence-electron chi connectivity index (χ0n) is 14.5. The van der Waals surface area contributed by atoms with E-state index in [1.165, 1.54) is 4.57 Å². The average Bonchev–Trinajstić information content (AvgIpc) is 2.68. The van der Waals surface area contributed by atoms with Crippen molar-refractivity contribution in [3.8, 4) is 5.75 Å².